The van der Waals surface area contributed by atoms with E-state index in [4.69, 9.17) is 0 Å². The first-order valence-corrected chi connectivity index (χ1v) is 9.99. The highest BCUT2D eigenvalue weighted by Crippen LogP contribution is 2.30. The second-order valence-electron chi connectivity index (χ2n) is 8.20. The van der Waals surface area contributed by atoms with Crippen molar-refractivity contribution in [3.8, 4) is 17.9 Å². The van der Waals surface area contributed by atoms with E-state index in [0.29, 0.717) is 29.3 Å². The zero-order chi connectivity index (χ0) is 22.0. The number of anilines is 2. The quantitative estimate of drug-likeness (QED) is 0.615. The Hall–Kier alpha value is -3.98. The number of rotatable bonds is 5. The van der Waals surface area contributed by atoms with Crippen molar-refractivity contribution in [2.45, 2.75) is 33.2 Å². The lowest BCUT2D eigenvalue weighted by molar-refractivity contribution is -0.117. The number of aromatic nitrogens is 5. The molecule has 1 fully saturated rings. The van der Waals surface area contributed by atoms with Gasteiger partial charge in [-0.2, -0.15) is 10.4 Å². The molecule has 0 bridgehead atoms. The van der Waals surface area contributed by atoms with E-state index in [0.717, 1.165) is 23.8 Å². The van der Waals surface area contributed by atoms with Gasteiger partial charge in [0, 0.05) is 30.7 Å². The number of amides is 1. The van der Waals surface area contributed by atoms with Gasteiger partial charge in [0.1, 0.15) is 5.52 Å². The van der Waals surface area contributed by atoms with Gasteiger partial charge in [-0.25, -0.2) is 4.98 Å². The van der Waals surface area contributed by atoms with E-state index in [1.807, 2.05) is 20.0 Å². The molecule has 1 saturated carbocycles. The van der Waals surface area contributed by atoms with Gasteiger partial charge in [-0.05, 0) is 32.8 Å². The van der Waals surface area contributed by atoms with Gasteiger partial charge in [-0.1, -0.05) is 11.8 Å². The third kappa shape index (κ3) is 4.62. The van der Waals surface area contributed by atoms with E-state index in [-0.39, 0.29) is 11.8 Å². The van der Waals surface area contributed by atoms with Crippen LogP contribution in [0.4, 0.5) is 11.6 Å². The molecule has 4 rings (SSSR count). The minimum Gasteiger partial charge on any atom is -0.371 e. The Morgan fingerprint density at radius 1 is 1.29 bits per heavy atom. The van der Waals surface area contributed by atoms with Crippen molar-refractivity contribution < 1.29 is 4.79 Å². The van der Waals surface area contributed by atoms with Crippen LogP contribution in [0, 0.1) is 34.5 Å². The topological polar surface area (TPSA) is 121 Å². The van der Waals surface area contributed by atoms with Crippen molar-refractivity contribution in [2.75, 3.05) is 17.7 Å². The van der Waals surface area contributed by atoms with Gasteiger partial charge in [0.05, 0.1) is 35.4 Å². The maximum atomic E-state index is 12.1. The number of carbonyl (C=O) groups is 1. The summed E-state index contributed by atoms with van der Waals surface area (Å²) in [5.74, 6) is 7.23. The number of pyridine rings is 1. The molecule has 1 amide bonds. The highest BCUT2D eigenvalue weighted by atomic mass is 16.2. The Kier molecular flexibility index (Phi) is 5.26. The first-order valence-electron chi connectivity index (χ1n) is 9.99. The van der Waals surface area contributed by atoms with Crippen LogP contribution in [0.15, 0.2) is 24.7 Å². The normalized spacial score (nSPS) is 13.2. The van der Waals surface area contributed by atoms with Crippen molar-refractivity contribution in [1.29, 1.82) is 5.26 Å². The molecule has 31 heavy (non-hydrogen) atoms. The minimum absolute atomic E-state index is 0.0307. The number of nitriles is 1. The van der Waals surface area contributed by atoms with Crippen molar-refractivity contribution >= 4 is 28.4 Å². The van der Waals surface area contributed by atoms with Crippen LogP contribution in [0.2, 0.25) is 0 Å². The lowest BCUT2D eigenvalue weighted by atomic mass is 9.96. The SMILES string of the molecule is CNc1ncc(C#Cc2cnn(CC(C)(C)C#N)c2)c2cc(NC(=O)C3CC3)nnc12. The molecule has 3 aromatic rings. The molecule has 1 aliphatic rings. The van der Waals surface area contributed by atoms with E-state index in [1.165, 1.54) is 0 Å². The summed E-state index contributed by atoms with van der Waals surface area (Å²) < 4.78 is 1.71. The second kappa shape index (κ2) is 8.04. The summed E-state index contributed by atoms with van der Waals surface area (Å²) in [6.07, 6.45) is 6.97. The van der Waals surface area contributed by atoms with Crippen LogP contribution in [-0.4, -0.2) is 37.9 Å². The molecule has 0 atom stereocenters. The zero-order valence-electron chi connectivity index (χ0n) is 17.6. The van der Waals surface area contributed by atoms with Gasteiger partial charge in [0.2, 0.25) is 5.91 Å². The lowest BCUT2D eigenvalue weighted by Crippen LogP contribution is -2.17. The van der Waals surface area contributed by atoms with E-state index in [9.17, 15) is 10.1 Å². The summed E-state index contributed by atoms with van der Waals surface area (Å²) in [6.45, 7) is 4.20. The largest absolute Gasteiger partial charge is 0.371 e. The van der Waals surface area contributed by atoms with Crippen LogP contribution in [0.1, 0.15) is 37.8 Å². The Bertz CT molecular complexity index is 1250. The number of nitrogens with one attached hydrogen (secondary N) is 2. The van der Waals surface area contributed by atoms with Crippen LogP contribution in [0.5, 0.6) is 0 Å². The molecule has 3 aromatic heterocycles. The highest BCUT2D eigenvalue weighted by Gasteiger charge is 2.30. The number of fused-ring (bicyclic) bond motifs is 1. The molecule has 3 heterocycles. The van der Waals surface area contributed by atoms with Crippen molar-refractivity contribution in [2.24, 2.45) is 11.3 Å². The number of carbonyl (C=O) groups excluding carboxylic acids is 1. The molecule has 0 aliphatic heterocycles. The Labute approximate surface area is 179 Å². The van der Waals surface area contributed by atoms with Crippen LogP contribution in [0.25, 0.3) is 10.9 Å². The third-order valence-electron chi connectivity index (χ3n) is 4.90. The zero-order valence-corrected chi connectivity index (χ0v) is 17.6. The van der Waals surface area contributed by atoms with Gasteiger partial charge in [-0.15, -0.1) is 10.2 Å². The van der Waals surface area contributed by atoms with Gasteiger partial charge in [0.25, 0.3) is 0 Å². The smallest absolute Gasteiger partial charge is 0.228 e. The number of hydrogen-bond acceptors (Lipinski definition) is 7. The summed E-state index contributed by atoms with van der Waals surface area (Å²) in [6, 6.07) is 4.04. The Balaban J connectivity index is 1.65. The molecule has 156 valence electrons. The standard InChI is InChI=1S/C22H22N8O/c1-22(2,12-23)13-30-11-14(9-26-30)4-5-16-10-25-20(24-3)19-17(16)8-18(28-29-19)27-21(31)15-6-7-15/h8-11,15H,6-7,13H2,1-3H3,(H,24,25)(H,27,28,31). The van der Waals surface area contributed by atoms with Crippen LogP contribution < -0.4 is 10.6 Å². The second-order valence-corrected chi connectivity index (χ2v) is 8.20. The number of nitrogens with zero attached hydrogens (tertiary/aromatic N) is 6. The Morgan fingerprint density at radius 3 is 2.81 bits per heavy atom. The number of hydrogen-bond donors (Lipinski definition) is 2. The predicted octanol–water partition coefficient (Wildman–Crippen LogP) is 2.56. The van der Waals surface area contributed by atoms with Crippen LogP contribution in [-0.2, 0) is 11.3 Å². The summed E-state index contributed by atoms with van der Waals surface area (Å²) in [7, 11) is 1.76. The predicted molar refractivity (Wildman–Crippen MR) is 116 cm³/mol. The average molecular weight is 414 g/mol. The first-order chi connectivity index (χ1) is 14.9. The summed E-state index contributed by atoms with van der Waals surface area (Å²) >= 11 is 0. The van der Waals surface area contributed by atoms with Gasteiger partial charge in [0.15, 0.2) is 11.6 Å². The summed E-state index contributed by atoms with van der Waals surface area (Å²) in [4.78, 5) is 16.5. The fraction of sp³-hybridized carbons (Fsp3) is 0.364. The summed E-state index contributed by atoms with van der Waals surface area (Å²) in [5.41, 5.74) is 1.45. The average Bonchev–Trinajstić information content (AvgIpc) is 3.52. The maximum absolute atomic E-state index is 12.1. The molecule has 9 heteroatoms. The Morgan fingerprint density at radius 2 is 2.10 bits per heavy atom. The lowest BCUT2D eigenvalue weighted by Gasteiger charge is -2.14. The van der Waals surface area contributed by atoms with Crippen LogP contribution >= 0.6 is 0 Å². The van der Waals surface area contributed by atoms with E-state index in [1.54, 1.807) is 30.2 Å². The minimum atomic E-state index is -0.514. The van der Waals surface area contributed by atoms with E-state index in [2.05, 4.69) is 48.8 Å². The van der Waals surface area contributed by atoms with Crippen LogP contribution in [0.3, 0.4) is 0 Å². The molecule has 2 N–H and O–H groups in total. The summed E-state index contributed by atoms with van der Waals surface area (Å²) in [5, 5.41) is 28.4. The van der Waals surface area contributed by atoms with E-state index < -0.39 is 5.41 Å². The molecule has 0 radical (unpaired) electrons. The monoisotopic (exact) mass is 414 g/mol. The van der Waals surface area contributed by atoms with Gasteiger partial charge < -0.3 is 10.6 Å². The molecular formula is C22H22N8O. The molecule has 0 saturated heterocycles. The fourth-order valence-electron chi connectivity index (χ4n) is 3.04. The molecule has 0 unspecified atom stereocenters. The van der Waals surface area contributed by atoms with Crippen molar-refractivity contribution in [3.63, 3.8) is 0 Å². The van der Waals surface area contributed by atoms with Crippen molar-refractivity contribution in [3.05, 3.63) is 35.8 Å². The highest BCUT2D eigenvalue weighted by molar-refractivity contribution is 5.97. The van der Waals surface area contributed by atoms with Crippen molar-refractivity contribution in [1.82, 2.24) is 25.0 Å². The maximum Gasteiger partial charge on any atom is 0.228 e. The molecule has 9 nitrogen and oxygen atoms in total. The third-order valence-corrected chi connectivity index (χ3v) is 4.90. The van der Waals surface area contributed by atoms with Gasteiger partial charge in [-0.3, -0.25) is 9.48 Å². The molecular weight excluding hydrogens is 392 g/mol. The van der Waals surface area contributed by atoms with Gasteiger partial charge >= 0.3 is 0 Å². The molecule has 0 aromatic carbocycles. The molecule has 1 aliphatic carbocycles. The molecule has 0 spiro atoms. The fourth-order valence-corrected chi connectivity index (χ4v) is 3.04. The van der Waals surface area contributed by atoms with E-state index >= 15 is 0 Å². The first kappa shape index (κ1) is 20.3.